The number of carbonyl (C=O) groups excluding carboxylic acids is 1. The molecule has 0 bridgehead atoms. The van der Waals surface area contributed by atoms with E-state index in [-0.39, 0.29) is 5.57 Å². The van der Waals surface area contributed by atoms with Crippen molar-refractivity contribution >= 4 is 12.2 Å². The van der Waals surface area contributed by atoms with Crippen molar-refractivity contribution in [1.82, 2.24) is 10.2 Å². The SMILES string of the molecule is CN(C)/C=C(\C#N)C(=O)N/C=N/O. The fraction of sp³-hybridized carbons (Fsp3) is 0.286. The fourth-order valence-corrected chi connectivity index (χ4v) is 0.562. The average molecular weight is 182 g/mol. The summed E-state index contributed by atoms with van der Waals surface area (Å²) in [6, 6.07) is 1.71. The number of hydrogen-bond donors (Lipinski definition) is 2. The Kier molecular flexibility index (Phi) is 4.72. The molecule has 0 radical (unpaired) electrons. The van der Waals surface area contributed by atoms with Crippen LogP contribution in [0.1, 0.15) is 0 Å². The van der Waals surface area contributed by atoms with Crippen LogP contribution in [0.15, 0.2) is 16.9 Å². The lowest BCUT2D eigenvalue weighted by atomic mass is 10.3. The van der Waals surface area contributed by atoms with Crippen LogP contribution in [0.25, 0.3) is 0 Å². The van der Waals surface area contributed by atoms with Crippen LogP contribution in [-0.2, 0) is 4.79 Å². The molecule has 0 aliphatic carbocycles. The number of hydrogen-bond acceptors (Lipinski definition) is 5. The maximum atomic E-state index is 11.0. The first-order valence-corrected chi connectivity index (χ1v) is 3.37. The van der Waals surface area contributed by atoms with Crippen LogP contribution in [-0.4, -0.2) is 36.4 Å². The smallest absolute Gasteiger partial charge is 0.268 e. The topological polar surface area (TPSA) is 88.7 Å². The number of rotatable bonds is 3. The number of carbonyl (C=O) groups is 1. The summed E-state index contributed by atoms with van der Waals surface area (Å²) < 4.78 is 0. The van der Waals surface area contributed by atoms with Gasteiger partial charge in [-0.2, -0.15) is 5.26 Å². The van der Waals surface area contributed by atoms with Gasteiger partial charge in [-0.15, -0.1) is 0 Å². The first-order valence-electron chi connectivity index (χ1n) is 3.37. The maximum absolute atomic E-state index is 11.0. The fourth-order valence-electron chi connectivity index (χ4n) is 0.562. The van der Waals surface area contributed by atoms with Crippen molar-refractivity contribution in [1.29, 1.82) is 5.26 Å². The Morgan fingerprint density at radius 2 is 2.31 bits per heavy atom. The van der Waals surface area contributed by atoms with Gasteiger partial charge in [0, 0.05) is 20.3 Å². The summed E-state index contributed by atoms with van der Waals surface area (Å²) >= 11 is 0. The molecular formula is C7H10N4O2. The Morgan fingerprint density at radius 3 is 2.69 bits per heavy atom. The molecule has 0 aliphatic rings. The normalized spacial score (nSPS) is 11.0. The summed E-state index contributed by atoms with van der Waals surface area (Å²) in [4.78, 5) is 12.6. The molecule has 0 heterocycles. The molecule has 0 fully saturated rings. The quantitative estimate of drug-likeness (QED) is 0.154. The first kappa shape index (κ1) is 11.0. The van der Waals surface area contributed by atoms with E-state index in [1.807, 2.05) is 0 Å². The standard InChI is InChI=1S/C7H10N4O2/c1-11(2)4-6(3-8)7(12)9-5-10-13/h4-5,13H,1-2H3,(H,9,10,12)/b6-4+. The van der Waals surface area contributed by atoms with E-state index < -0.39 is 5.91 Å². The van der Waals surface area contributed by atoms with E-state index in [1.165, 1.54) is 6.20 Å². The molecule has 0 aromatic carbocycles. The molecular weight excluding hydrogens is 172 g/mol. The summed E-state index contributed by atoms with van der Waals surface area (Å²) in [5.74, 6) is -0.617. The molecule has 0 saturated heterocycles. The second-order valence-electron chi connectivity index (χ2n) is 2.34. The Balaban J connectivity index is 4.44. The van der Waals surface area contributed by atoms with Crippen LogP contribution in [0.4, 0.5) is 0 Å². The van der Waals surface area contributed by atoms with Gasteiger partial charge in [-0.25, -0.2) is 0 Å². The van der Waals surface area contributed by atoms with E-state index in [4.69, 9.17) is 10.5 Å². The van der Waals surface area contributed by atoms with E-state index in [0.717, 1.165) is 6.34 Å². The third-order valence-corrected chi connectivity index (χ3v) is 1.01. The van der Waals surface area contributed by atoms with Crippen molar-refractivity contribution in [3.05, 3.63) is 11.8 Å². The van der Waals surface area contributed by atoms with Crippen molar-refractivity contribution in [3.63, 3.8) is 0 Å². The van der Waals surface area contributed by atoms with Gasteiger partial charge in [-0.05, 0) is 0 Å². The highest BCUT2D eigenvalue weighted by Crippen LogP contribution is 1.92. The minimum atomic E-state index is -0.617. The van der Waals surface area contributed by atoms with E-state index in [2.05, 4.69) is 10.5 Å². The van der Waals surface area contributed by atoms with Crippen molar-refractivity contribution < 1.29 is 10.0 Å². The number of nitriles is 1. The Morgan fingerprint density at radius 1 is 1.69 bits per heavy atom. The van der Waals surface area contributed by atoms with Gasteiger partial charge >= 0.3 is 0 Å². The van der Waals surface area contributed by atoms with Gasteiger partial charge in [0.15, 0.2) is 0 Å². The average Bonchev–Trinajstić information content (AvgIpc) is 2.09. The number of amides is 1. The highest BCUT2D eigenvalue weighted by molar-refractivity contribution is 6.02. The van der Waals surface area contributed by atoms with Crippen LogP contribution >= 0.6 is 0 Å². The zero-order valence-corrected chi connectivity index (χ0v) is 7.35. The lowest BCUT2D eigenvalue weighted by Gasteiger charge is -2.04. The van der Waals surface area contributed by atoms with Gasteiger partial charge in [0.05, 0.1) is 0 Å². The van der Waals surface area contributed by atoms with E-state index in [0.29, 0.717) is 0 Å². The lowest BCUT2D eigenvalue weighted by molar-refractivity contribution is -0.115. The third-order valence-electron chi connectivity index (χ3n) is 1.01. The molecule has 0 aromatic heterocycles. The van der Waals surface area contributed by atoms with Crippen LogP contribution in [0, 0.1) is 11.3 Å². The molecule has 0 aliphatic heterocycles. The lowest BCUT2D eigenvalue weighted by Crippen LogP contribution is -2.24. The molecule has 0 atom stereocenters. The van der Waals surface area contributed by atoms with Gasteiger partial charge < -0.3 is 15.4 Å². The minimum absolute atomic E-state index is 0.0649. The molecule has 6 nitrogen and oxygen atoms in total. The predicted molar refractivity (Wildman–Crippen MR) is 45.8 cm³/mol. The summed E-state index contributed by atoms with van der Waals surface area (Å²) in [7, 11) is 3.37. The number of oxime groups is 1. The molecule has 0 aromatic rings. The first-order chi connectivity index (χ1) is 6.11. The maximum Gasteiger partial charge on any atom is 0.268 e. The molecule has 13 heavy (non-hydrogen) atoms. The van der Waals surface area contributed by atoms with E-state index in [9.17, 15) is 4.79 Å². The summed E-state index contributed by atoms with van der Waals surface area (Å²) in [6.45, 7) is 0. The molecule has 0 unspecified atom stereocenters. The molecule has 2 N–H and O–H groups in total. The van der Waals surface area contributed by atoms with Gasteiger partial charge in [0.1, 0.15) is 18.0 Å². The highest BCUT2D eigenvalue weighted by atomic mass is 16.4. The third kappa shape index (κ3) is 4.42. The molecule has 70 valence electrons. The van der Waals surface area contributed by atoms with Crippen molar-refractivity contribution in [2.24, 2.45) is 5.16 Å². The van der Waals surface area contributed by atoms with Gasteiger partial charge in [-0.1, -0.05) is 5.16 Å². The second-order valence-corrected chi connectivity index (χ2v) is 2.34. The van der Waals surface area contributed by atoms with Gasteiger partial charge in [0.2, 0.25) is 0 Å². The van der Waals surface area contributed by atoms with E-state index in [1.54, 1.807) is 25.1 Å². The van der Waals surface area contributed by atoms with Crippen LogP contribution < -0.4 is 5.32 Å². The summed E-state index contributed by atoms with van der Waals surface area (Å²) in [6.07, 6.45) is 2.16. The van der Waals surface area contributed by atoms with Crippen LogP contribution in [0.5, 0.6) is 0 Å². The zero-order valence-electron chi connectivity index (χ0n) is 7.35. The number of nitrogens with one attached hydrogen (secondary N) is 1. The van der Waals surface area contributed by atoms with Gasteiger partial charge in [0.25, 0.3) is 5.91 Å². The largest absolute Gasteiger partial charge is 0.410 e. The monoisotopic (exact) mass is 182 g/mol. The van der Waals surface area contributed by atoms with Crippen LogP contribution in [0.3, 0.4) is 0 Å². The Hall–Kier alpha value is -2.03. The molecule has 6 heteroatoms. The predicted octanol–water partition coefficient (Wildman–Crippen LogP) is -0.511. The Bertz CT molecular complexity index is 275. The minimum Gasteiger partial charge on any atom is -0.410 e. The summed E-state index contributed by atoms with van der Waals surface area (Å²) in [5.41, 5.74) is -0.0649. The molecule has 0 saturated carbocycles. The van der Waals surface area contributed by atoms with Crippen LogP contribution in [0.2, 0.25) is 0 Å². The molecule has 0 spiro atoms. The van der Waals surface area contributed by atoms with E-state index >= 15 is 0 Å². The Labute approximate surface area is 75.7 Å². The summed E-state index contributed by atoms with van der Waals surface area (Å²) in [5, 5.41) is 21.2. The van der Waals surface area contributed by atoms with Crippen molar-refractivity contribution in [3.8, 4) is 6.07 Å². The second kappa shape index (κ2) is 5.60. The number of nitrogens with zero attached hydrogens (tertiary/aromatic N) is 3. The van der Waals surface area contributed by atoms with Crippen molar-refractivity contribution in [2.45, 2.75) is 0 Å². The van der Waals surface area contributed by atoms with Gasteiger partial charge in [-0.3, -0.25) is 4.79 Å². The highest BCUT2D eigenvalue weighted by Gasteiger charge is 2.06. The zero-order chi connectivity index (χ0) is 10.3. The molecule has 0 rings (SSSR count). The van der Waals surface area contributed by atoms with Crippen molar-refractivity contribution in [2.75, 3.05) is 14.1 Å². The molecule has 1 amide bonds.